The molecule has 1 unspecified atom stereocenters. The van der Waals surface area contributed by atoms with E-state index in [2.05, 4.69) is 4.52 Å². The van der Waals surface area contributed by atoms with Crippen molar-refractivity contribution in [1.29, 1.82) is 0 Å². The highest BCUT2D eigenvalue weighted by molar-refractivity contribution is 7.98. The van der Waals surface area contributed by atoms with Crippen LogP contribution in [0.1, 0.15) is 27.8 Å². The van der Waals surface area contributed by atoms with E-state index in [1.165, 1.54) is 24.4 Å². The molecule has 0 fully saturated rings. The van der Waals surface area contributed by atoms with Crippen LogP contribution in [0.15, 0.2) is 29.2 Å². The van der Waals surface area contributed by atoms with E-state index in [0.717, 1.165) is 33.6 Å². The number of hydrogen-bond donors (Lipinski definition) is 2. The summed E-state index contributed by atoms with van der Waals surface area (Å²) in [6, 6.07) is 7.42. The summed E-state index contributed by atoms with van der Waals surface area (Å²) < 4.78 is 21.5. The summed E-state index contributed by atoms with van der Waals surface area (Å²) >= 11 is 1.54. The van der Waals surface area contributed by atoms with Gasteiger partial charge in [-0.25, -0.2) is 0 Å². The Hall–Kier alpha value is -1.46. The molecule has 0 radical (unpaired) electrons. The second kappa shape index (κ2) is 8.49. The largest absolute Gasteiger partial charge is 0.507 e. The molecule has 26 heavy (non-hydrogen) atoms. The molecule has 0 saturated heterocycles. The molecule has 0 bridgehead atoms. The van der Waals surface area contributed by atoms with E-state index >= 15 is 0 Å². The van der Waals surface area contributed by atoms with Crippen molar-refractivity contribution in [2.45, 2.75) is 32.1 Å². The van der Waals surface area contributed by atoms with Gasteiger partial charge in [0.05, 0.1) is 4.90 Å². The SMILES string of the molecule is COP(=O)(O)COc1cc(C)c(Cc2ccc(O)c(SC)c2C)c(C)c1. The van der Waals surface area contributed by atoms with Crippen molar-refractivity contribution in [2.24, 2.45) is 0 Å². The van der Waals surface area contributed by atoms with Gasteiger partial charge in [0, 0.05) is 7.11 Å². The Balaban J connectivity index is 2.28. The smallest absolute Gasteiger partial charge is 0.364 e. The first-order valence-electron chi connectivity index (χ1n) is 8.14. The number of benzene rings is 2. The molecule has 2 aromatic rings. The fourth-order valence-electron chi connectivity index (χ4n) is 2.88. The maximum absolute atomic E-state index is 11.5. The third kappa shape index (κ3) is 4.83. The van der Waals surface area contributed by atoms with Crippen molar-refractivity contribution < 1.29 is 23.8 Å². The van der Waals surface area contributed by atoms with Crippen LogP contribution in [0.5, 0.6) is 11.5 Å². The monoisotopic (exact) mass is 396 g/mol. The molecule has 2 rings (SSSR count). The van der Waals surface area contributed by atoms with Gasteiger partial charge < -0.3 is 19.3 Å². The summed E-state index contributed by atoms with van der Waals surface area (Å²) in [5, 5.41) is 9.98. The first-order valence-corrected chi connectivity index (χ1v) is 11.1. The van der Waals surface area contributed by atoms with E-state index in [1.54, 1.807) is 6.07 Å². The number of hydrogen-bond acceptors (Lipinski definition) is 5. The van der Waals surface area contributed by atoms with Crippen molar-refractivity contribution in [3.05, 3.63) is 52.1 Å². The summed E-state index contributed by atoms with van der Waals surface area (Å²) in [4.78, 5) is 10.4. The third-order valence-corrected chi connectivity index (χ3v) is 6.37. The molecular weight excluding hydrogens is 371 g/mol. The summed E-state index contributed by atoms with van der Waals surface area (Å²) in [6.45, 7) is 6.01. The Kier molecular flexibility index (Phi) is 6.80. The molecule has 0 heterocycles. The topological polar surface area (TPSA) is 76.0 Å². The average molecular weight is 396 g/mol. The van der Waals surface area contributed by atoms with Gasteiger partial charge in [0.2, 0.25) is 0 Å². The highest BCUT2D eigenvalue weighted by atomic mass is 32.2. The fourth-order valence-corrected chi connectivity index (χ4v) is 4.01. The molecule has 2 N–H and O–H groups in total. The lowest BCUT2D eigenvalue weighted by Gasteiger charge is -2.17. The van der Waals surface area contributed by atoms with E-state index in [0.29, 0.717) is 11.5 Å². The number of aromatic hydroxyl groups is 1. The lowest BCUT2D eigenvalue weighted by Crippen LogP contribution is -2.03. The van der Waals surface area contributed by atoms with Gasteiger partial charge in [-0.1, -0.05) is 6.07 Å². The molecule has 0 amide bonds. The Labute approximate surface area is 158 Å². The van der Waals surface area contributed by atoms with Crippen molar-refractivity contribution in [3.8, 4) is 11.5 Å². The van der Waals surface area contributed by atoms with E-state index in [1.807, 2.05) is 45.2 Å². The van der Waals surface area contributed by atoms with Crippen LogP contribution in [0.25, 0.3) is 0 Å². The second-order valence-electron chi connectivity index (χ2n) is 6.21. The van der Waals surface area contributed by atoms with Gasteiger partial charge in [-0.15, -0.1) is 11.8 Å². The van der Waals surface area contributed by atoms with Crippen LogP contribution in [0.2, 0.25) is 0 Å². The Morgan fingerprint density at radius 3 is 2.31 bits per heavy atom. The van der Waals surface area contributed by atoms with Gasteiger partial charge in [0.25, 0.3) is 0 Å². The highest BCUT2D eigenvalue weighted by Crippen LogP contribution is 2.41. The number of phenolic OH excluding ortho intramolecular Hbond substituents is 1. The van der Waals surface area contributed by atoms with Gasteiger partial charge in [0.15, 0.2) is 6.35 Å². The Bertz CT molecular complexity index is 827. The minimum Gasteiger partial charge on any atom is -0.507 e. The van der Waals surface area contributed by atoms with Crippen LogP contribution in [0.4, 0.5) is 0 Å². The molecule has 0 aliphatic heterocycles. The van der Waals surface area contributed by atoms with Gasteiger partial charge in [0.1, 0.15) is 11.5 Å². The van der Waals surface area contributed by atoms with Gasteiger partial charge in [-0.3, -0.25) is 4.57 Å². The average Bonchev–Trinajstić information content (AvgIpc) is 2.58. The van der Waals surface area contributed by atoms with E-state index in [-0.39, 0.29) is 6.35 Å². The molecule has 0 spiro atoms. The van der Waals surface area contributed by atoms with Crippen LogP contribution >= 0.6 is 19.4 Å². The molecule has 7 heteroatoms. The zero-order chi connectivity index (χ0) is 19.5. The Morgan fingerprint density at radius 1 is 1.15 bits per heavy atom. The zero-order valence-corrected chi connectivity index (χ0v) is 17.4. The molecule has 2 aromatic carbocycles. The lowest BCUT2D eigenvalue weighted by molar-refractivity contribution is 0.268. The molecule has 1 atom stereocenters. The molecule has 5 nitrogen and oxygen atoms in total. The molecular formula is C19H25O5PS. The fraction of sp³-hybridized carbons (Fsp3) is 0.368. The lowest BCUT2D eigenvalue weighted by atomic mass is 9.93. The number of phenols is 1. The van der Waals surface area contributed by atoms with Crippen molar-refractivity contribution in [1.82, 2.24) is 0 Å². The quantitative estimate of drug-likeness (QED) is 0.517. The molecule has 142 valence electrons. The van der Waals surface area contributed by atoms with Gasteiger partial charge in [-0.2, -0.15) is 0 Å². The number of rotatable bonds is 7. The van der Waals surface area contributed by atoms with Crippen molar-refractivity contribution in [2.75, 3.05) is 19.7 Å². The van der Waals surface area contributed by atoms with Crippen LogP contribution in [0.3, 0.4) is 0 Å². The van der Waals surface area contributed by atoms with Crippen molar-refractivity contribution in [3.63, 3.8) is 0 Å². The number of aryl methyl sites for hydroxylation is 2. The summed E-state index contributed by atoms with van der Waals surface area (Å²) in [6.07, 6.45) is 2.32. The molecule has 0 aliphatic carbocycles. The summed E-state index contributed by atoms with van der Waals surface area (Å²) in [5.41, 5.74) is 5.51. The zero-order valence-electron chi connectivity index (χ0n) is 15.7. The minimum atomic E-state index is -3.70. The maximum Gasteiger partial charge on any atom is 0.364 e. The van der Waals surface area contributed by atoms with E-state index < -0.39 is 7.60 Å². The van der Waals surface area contributed by atoms with Gasteiger partial charge >= 0.3 is 7.60 Å². The number of thioether (sulfide) groups is 1. The summed E-state index contributed by atoms with van der Waals surface area (Å²) in [5.74, 6) is 0.852. The van der Waals surface area contributed by atoms with Crippen LogP contribution in [-0.2, 0) is 15.5 Å². The first-order chi connectivity index (χ1) is 12.2. The second-order valence-corrected chi connectivity index (χ2v) is 8.92. The normalized spacial score (nSPS) is 13.5. The van der Waals surface area contributed by atoms with E-state index in [9.17, 15) is 14.6 Å². The number of ether oxygens (including phenoxy) is 1. The Morgan fingerprint density at radius 2 is 1.77 bits per heavy atom. The van der Waals surface area contributed by atoms with Crippen molar-refractivity contribution >= 4 is 19.4 Å². The molecule has 0 aliphatic rings. The van der Waals surface area contributed by atoms with Crippen LogP contribution < -0.4 is 4.74 Å². The molecule has 0 aromatic heterocycles. The van der Waals surface area contributed by atoms with Gasteiger partial charge in [-0.05, 0) is 79.5 Å². The highest BCUT2D eigenvalue weighted by Gasteiger charge is 2.19. The summed E-state index contributed by atoms with van der Waals surface area (Å²) in [7, 11) is -2.52. The standard InChI is InChI=1S/C19H25O5PS/c1-12-8-16(24-11-25(21,22)23-4)9-13(2)17(12)10-15-6-7-18(20)19(26-5)14(15)3/h6-9,20H,10-11H2,1-5H3,(H,21,22). The maximum atomic E-state index is 11.5. The van der Waals surface area contributed by atoms with Crippen LogP contribution in [-0.4, -0.2) is 29.7 Å². The first kappa shape index (κ1) is 20.8. The van der Waals surface area contributed by atoms with E-state index in [4.69, 9.17) is 4.74 Å². The predicted molar refractivity (Wildman–Crippen MR) is 106 cm³/mol. The predicted octanol–water partition coefficient (Wildman–Crippen LogP) is 4.80. The van der Waals surface area contributed by atoms with Crippen LogP contribution in [0, 0.1) is 20.8 Å². The minimum absolute atomic E-state index is 0.308. The molecule has 0 saturated carbocycles. The third-order valence-electron chi connectivity index (χ3n) is 4.42.